The third-order valence-corrected chi connectivity index (χ3v) is 3.10. The van der Waals surface area contributed by atoms with Crippen molar-refractivity contribution in [3.05, 3.63) is 53.1 Å². The van der Waals surface area contributed by atoms with Crippen LogP contribution in [0.3, 0.4) is 0 Å². The number of carbonyl (C=O) groups excluding carboxylic acids is 2. The van der Waals surface area contributed by atoms with Gasteiger partial charge in [0.1, 0.15) is 0 Å². The number of rotatable bonds is 0. The highest BCUT2D eigenvalue weighted by molar-refractivity contribution is 6.51. The number of fused-ring (bicyclic) bond motifs is 2. The lowest BCUT2D eigenvalue weighted by molar-refractivity contribution is -0.111. The molecule has 0 bridgehead atoms. The molecule has 2 aromatic rings. The molecule has 0 radical (unpaired) electrons. The molecule has 0 N–H and O–H groups in total. The molecule has 0 unspecified atom stereocenters. The van der Waals surface area contributed by atoms with E-state index < -0.39 is 11.6 Å². The first-order valence-corrected chi connectivity index (χ1v) is 5.47. The molecule has 0 fully saturated rings. The molecule has 0 amide bonds. The molecule has 0 heterocycles. The Morgan fingerprint density at radius 2 is 1.53 bits per heavy atom. The van der Waals surface area contributed by atoms with Crippen molar-refractivity contribution in [3.63, 3.8) is 0 Å². The Balaban J connectivity index is 2.37. The Morgan fingerprint density at radius 3 is 2.24 bits per heavy atom. The molecule has 17 heavy (non-hydrogen) atoms. The van der Waals surface area contributed by atoms with E-state index in [-0.39, 0.29) is 0 Å². The maximum absolute atomic E-state index is 11.9. The molecule has 1 aliphatic carbocycles. The first-order chi connectivity index (χ1) is 8.16. The largest absolute Gasteiger partial charge is 0.285 e. The van der Waals surface area contributed by atoms with Crippen LogP contribution in [-0.4, -0.2) is 11.6 Å². The summed E-state index contributed by atoms with van der Waals surface area (Å²) in [4.78, 5) is 23.5. The number of ketones is 2. The van der Waals surface area contributed by atoms with Gasteiger partial charge in [-0.3, -0.25) is 9.59 Å². The van der Waals surface area contributed by atoms with Gasteiger partial charge < -0.3 is 0 Å². The fourth-order valence-electron chi connectivity index (χ4n) is 2.17. The standard InChI is InChI=1S/C15H10O2/c1-9-6-12-7-10-4-2-3-5-11(10)8-13(12)15(17)14(9)16/h2-8H,1H3. The van der Waals surface area contributed by atoms with Crippen molar-refractivity contribution in [2.45, 2.75) is 6.92 Å². The molecule has 0 aliphatic heterocycles. The van der Waals surface area contributed by atoms with Crippen LogP contribution < -0.4 is 0 Å². The fourth-order valence-corrected chi connectivity index (χ4v) is 2.17. The lowest BCUT2D eigenvalue weighted by Crippen LogP contribution is -2.19. The van der Waals surface area contributed by atoms with Crippen molar-refractivity contribution < 1.29 is 9.59 Å². The monoisotopic (exact) mass is 222 g/mol. The second kappa shape index (κ2) is 3.39. The third kappa shape index (κ3) is 1.41. The predicted molar refractivity (Wildman–Crippen MR) is 66.9 cm³/mol. The average molecular weight is 222 g/mol. The molecule has 0 saturated carbocycles. The van der Waals surface area contributed by atoms with Gasteiger partial charge in [-0.05, 0) is 41.5 Å². The Hall–Kier alpha value is -2.22. The molecule has 0 aromatic heterocycles. The molecular formula is C15H10O2. The van der Waals surface area contributed by atoms with Crippen LogP contribution in [0.25, 0.3) is 16.8 Å². The zero-order chi connectivity index (χ0) is 12.0. The second-order valence-corrected chi connectivity index (χ2v) is 4.27. The van der Waals surface area contributed by atoms with Crippen LogP contribution in [0.1, 0.15) is 22.8 Å². The Bertz CT molecular complexity index is 693. The van der Waals surface area contributed by atoms with E-state index in [1.165, 1.54) is 0 Å². The van der Waals surface area contributed by atoms with Crippen molar-refractivity contribution >= 4 is 28.4 Å². The molecule has 2 aromatic carbocycles. The summed E-state index contributed by atoms with van der Waals surface area (Å²) < 4.78 is 0. The predicted octanol–water partition coefficient (Wildman–Crippen LogP) is 3.01. The van der Waals surface area contributed by atoms with Gasteiger partial charge in [-0.15, -0.1) is 0 Å². The summed E-state index contributed by atoms with van der Waals surface area (Å²) in [6.07, 6.45) is 1.78. The van der Waals surface area contributed by atoms with Crippen LogP contribution >= 0.6 is 0 Å². The average Bonchev–Trinajstić information content (AvgIpc) is 2.34. The number of allylic oxidation sites excluding steroid dienone is 1. The van der Waals surface area contributed by atoms with Crippen molar-refractivity contribution in [2.24, 2.45) is 0 Å². The maximum atomic E-state index is 11.9. The van der Waals surface area contributed by atoms with Gasteiger partial charge in [0.05, 0.1) is 0 Å². The normalized spacial score (nSPS) is 14.8. The van der Waals surface area contributed by atoms with Gasteiger partial charge in [0.2, 0.25) is 11.6 Å². The number of benzene rings is 2. The summed E-state index contributed by atoms with van der Waals surface area (Å²) in [5.41, 5.74) is 1.86. The van der Waals surface area contributed by atoms with E-state index in [2.05, 4.69) is 0 Å². The van der Waals surface area contributed by atoms with E-state index in [9.17, 15) is 9.59 Å². The van der Waals surface area contributed by atoms with Crippen LogP contribution in [0.4, 0.5) is 0 Å². The van der Waals surface area contributed by atoms with Crippen molar-refractivity contribution in [1.29, 1.82) is 0 Å². The quantitative estimate of drug-likeness (QED) is 0.642. The summed E-state index contributed by atoms with van der Waals surface area (Å²) in [6, 6.07) is 11.6. The van der Waals surface area contributed by atoms with Crippen LogP contribution in [0.2, 0.25) is 0 Å². The van der Waals surface area contributed by atoms with Crippen molar-refractivity contribution in [2.75, 3.05) is 0 Å². The smallest absolute Gasteiger partial charge is 0.233 e. The lowest BCUT2D eigenvalue weighted by atomic mass is 9.89. The summed E-state index contributed by atoms with van der Waals surface area (Å²) in [5, 5.41) is 2.07. The molecule has 0 spiro atoms. The fraction of sp³-hybridized carbons (Fsp3) is 0.0667. The number of hydrogen-bond donors (Lipinski definition) is 0. The lowest BCUT2D eigenvalue weighted by Gasteiger charge is -2.13. The Labute approximate surface area is 98.6 Å². The van der Waals surface area contributed by atoms with Gasteiger partial charge in [-0.25, -0.2) is 0 Å². The molecular weight excluding hydrogens is 212 g/mol. The van der Waals surface area contributed by atoms with E-state index in [0.717, 1.165) is 16.3 Å². The number of hydrogen-bond acceptors (Lipinski definition) is 2. The molecule has 3 rings (SSSR count). The van der Waals surface area contributed by atoms with E-state index in [1.54, 1.807) is 19.1 Å². The highest BCUT2D eigenvalue weighted by Gasteiger charge is 2.25. The molecule has 0 saturated heterocycles. The van der Waals surface area contributed by atoms with Gasteiger partial charge >= 0.3 is 0 Å². The topological polar surface area (TPSA) is 34.1 Å². The summed E-state index contributed by atoms with van der Waals surface area (Å²) >= 11 is 0. The minimum absolute atomic E-state index is 0.396. The minimum atomic E-state index is -0.397. The first-order valence-electron chi connectivity index (χ1n) is 5.47. The molecule has 2 nitrogen and oxygen atoms in total. The van der Waals surface area contributed by atoms with Crippen molar-refractivity contribution in [1.82, 2.24) is 0 Å². The Kier molecular flexibility index (Phi) is 1.99. The van der Waals surface area contributed by atoms with Crippen LogP contribution in [0.15, 0.2) is 42.0 Å². The highest BCUT2D eigenvalue weighted by atomic mass is 16.2. The number of Topliss-reactive ketones (excluding diaryl/α,β-unsaturated/α-hetero) is 2. The van der Waals surface area contributed by atoms with E-state index in [1.807, 2.05) is 30.3 Å². The van der Waals surface area contributed by atoms with Crippen molar-refractivity contribution in [3.8, 4) is 0 Å². The van der Waals surface area contributed by atoms with Gasteiger partial charge in [-0.1, -0.05) is 24.3 Å². The second-order valence-electron chi connectivity index (χ2n) is 4.27. The SMILES string of the molecule is CC1=Cc2cc3ccccc3cc2C(=O)C1=O. The van der Waals surface area contributed by atoms with Crippen LogP contribution in [-0.2, 0) is 4.79 Å². The van der Waals surface area contributed by atoms with E-state index >= 15 is 0 Å². The molecule has 0 atom stereocenters. The van der Waals surface area contributed by atoms with E-state index in [0.29, 0.717) is 11.1 Å². The highest BCUT2D eigenvalue weighted by Crippen LogP contribution is 2.26. The minimum Gasteiger partial charge on any atom is -0.285 e. The molecule has 1 aliphatic rings. The first kappa shape index (κ1) is 9.97. The van der Waals surface area contributed by atoms with E-state index in [4.69, 9.17) is 0 Å². The maximum Gasteiger partial charge on any atom is 0.233 e. The zero-order valence-corrected chi connectivity index (χ0v) is 9.36. The summed E-state index contributed by atoms with van der Waals surface area (Å²) in [5.74, 6) is -0.793. The van der Waals surface area contributed by atoms with Gasteiger partial charge in [-0.2, -0.15) is 0 Å². The third-order valence-electron chi connectivity index (χ3n) is 3.10. The summed E-state index contributed by atoms with van der Waals surface area (Å²) in [6.45, 7) is 1.68. The van der Waals surface area contributed by atoms with Gasteiger partial charge in [0, 0.05) is 11.1 Å². The molecule has 2 heteroatoms. The zero-order valence-electron chi connectivity index (χ0n) is 9.36. The Morgan fingerprint density at radius 1 is 0.882 bits per heavy atom. The number of carbonyl (C=O) groups is 2. The van der Waals surface area contributed by atoms with Gasteiger partial charge in [0.25, 0.3) is 0 Å². The summed E-state index contributed by atoms with van der Waals surface area (Å²) in [7, 11) is 0. The molecule has 82 valence electrons. The van der Waals surface area contributed by atoms with Crippen LogP contribution in [0, 0.1) is 0 Å². The van der Waals surface area contributed by atoms with Gasteiger partial charge in [0.15, 0.2) is 0 Å². The van der Waals surface area contributed by atoms with Crippen LogP contribution in [0.5, 0.6) is 0 Å².